The van der Waals surface area contributed by atoms with Gasteiger partial charge in [0.25, 0.3) is 0 Å². The van der Waals surface area contributed by atoms with Crippen molar-refractivity contribution in [2.24, 2.45) is 0 Å². The fourth-order valence-electron chi connectivity index (χ4n) is 3.61. The molecular weight excluding hydrogens is 334 g/mol. The van der Waals surface area contributed by atoms with Gasteiger partial charge >= 0.3 is 0 Å². The molecule has 0 unspecified atom stereocenters. The predicted molar refractivity (Wildman–Crippen MR) is 112 cm³/mol. The number of nitrogens with zero attached hydrogens (tertiary/aromatic N) is 2. The Bertz CT molecular complexity index is 766. The van der Waals surface area contributed by atoms with E-state index in [0.717, 1.165) is 31.7 Å². The monoisotopic (exact) mass is 365 g/mol. The number of benzene rings is 2. The third-order valence-corrected chi connectivity index (χ3v) is 5.76. The molecule has 0 aromatic heterocycles. The minimum Gasteiger partial charge on any atom is -0.369 e. The van der Waals surface area contributed by atoms with Crippen molar-refractivity contribution in [1.29, 1.82) is 0 Å². The lowest BCUT2D eigenvalue weighted by atomic mass is 10.1. The summed E-state index contributed by atoms with van der Waals surface area (Å²) < 4.78 is 0. The Morgan fingerprint density at radius 3 is 2.22 bits per heavy atom. The summed E-state index contributed by atoms with van der Waals surface area (Å²) in [6, 6.07) is 16.7. The highest BCUT2D eigenvalue weighted by Gasteiger charge is 2.26. The van der Waals surface area contributed by atoms with Crippen LogP contribution in [0.25, 0.3) is 0 Å². The van der Waals surface area contributed by atoms with E-state index in [1.54, 1.807) is 0 Å². The van der Waals surface area contributed by atoms with E-state index in [1.165, 1.54) is 16.8 Å². The maximum absolute atomic E-state index is 12.7. The van der Waals surface area contributed by atoms with Gasteiger partial charge in [-0.25, -0.2) is 0 Å². The third-order valence-electron chi connectivity index (χ3n) is 5.76. The van der Waals surface area contributed by atoms with Crippen LogP contribution in [-0.2, 0) is 4.79 Å². The smallest absolute Gasteiger partial charge is 0.237 e. The molecule has 2 aromatic carbocycles. The molecule has 1 amide bonds. The number of carbonyl (C=O) groups is 1. The summed E-state index contributed by atoms with van der Waals surface area (Å²) in [6.45, 7) is 12.1. The zero-order valence-corrected chi connectivity index (χ0v) is 16.9. The maximum Gasteiger partial charge on any atom is 0.237 e. The second-order valence-corrected chi connectivity index (χ2v) is 7.61. The average Bonchev–Trinajstić information content (AvgIpc) is 2.70. The molecule has 2 atom stereocenters. The molecule has 1 aliphatic heterocycles. The van der Waals surface area contributed by atoms with Gasteiger partial charge in [-0.05, 0) is 56.5 Å². The molecule has 3 rings (SSSR count). The first-order valence-electron chi connectivity index (χ1n) is 9.87. The fourth-order valence-corrected chi connectivity index (χ4v) is 3.61. The summed E-state index contributed by atoms with van der Waals surface area (Å²) in [5, 5.41) is 3.16. The van der Waals surface area contributed by atoms with Crippen molar-refractivity contribution in [1.82, 2.24) is 10.2 Å². The second kappa shape index (κ2) is 8.57. The number of nitrogens with one attached hydrogen (secondary N) is 1. The summed E-state index contributed by atoms with van der Waals surface area (Å²) in [4.78, 5) is 17.4. The maximum atomic E-state index is 12.7. The summed E-state index contributed by atoms with van der Waals surface area (Å²) in [5.41, 5.74) is 5.08. The molecule has 144 valence electrons. The molecule has 0 spiro atoms. The first kappa shape index (κ1) is 19.4. The van der Waals surface area contributed by atoms with Gasteiger partial charge in [-0.15, -0.1) is 0 Å². The largest absolute Gasteiger partial charge is 0.369 e. The standard InChI is InChI=1S/C23H31N3O/c1-17-10-11-22(16-18(17)2)26-14-12-25(13-15-26)20(4)23(27)24-19(3)21-8-6-5-7-9-21/h5-11,16,19-20H,12-15H2,1-4H3,(H,24,27)/t19-,20+/m0/s1. The van der Waals surface area contributed by atoms with Gasteiger partial charge in [0.05, 0.1) is 12.1 Å². The van der Waals surface area contributed by atoms with Crippen LogP contribution >= 0.6 is 0 Å². The lowest BCUT2D eigenvalue weighted by molar-refractivity contribution is -0.126. The number of hydrogen-bond acceptors (Lipinski definition) is 3. The molecule has 1 heterocycles. The Morgan fingerprint density at radius 2 is 1.59 bits per heavy atom. The lowest BCUT2D eigenvalue weighted by Crippen LogP contribution is -2.54. The van der Waals surface area contributed by atoms with Crippen LogP contribution in [-0.4, -0.2) is 43.0 Å². The minimum atomic E-state index is -0.113. The van der Waals surface area contributed by atoms with Gasteiger partial charge in [0.15, 0.2) is 0 Å². The van der Waals surface area contributed by atoms with Crippen LogP contribution in [0.5, 0.6) is 0 Å². The molecule has 1 saturated heterocycles. The number of carbonyl (C=O) groups excluding carboxylic acids is 1. The average molecular weight is 366 g/mol. The third kappa shape index (κ3) is 4.69. The normalized spacial score (nSPS) is 17.4. The fraction of sp³-hybridized carbons (Fsp3) is 0.435. The Labute approximate surface area is 163 Å². The van der Waals surface area contributed by atoms with E-state index in [1.807, 2.05) is 32.0 Å². The van der Waals surface area contributed by atoms with Crippen molar-refractivity contribution in [2.45, 2.75) is 39.8 Å². The van der Waals surface area contributed by atoms with E-state index in [9.17, 15) is 4.79 Å². The van der Waals surface area contributed by atoms with E-state index in [-0.39, 0.29) is 18.0 Å². The lowest BCUT2D eigenvalue weighted by Gasteiger charge is -2.39. The molecule has 0 radical (unpaired) electrons. The highest BCUT2D eigenvalue weighted by molar-refractivity contribution is 5.81. The van der Waals surface area contributed by atoms with Crippen LogP contribution in [0.2, 0.25) is 0 Å². The molecule has 1 N–H and O–H groups in total. The van der Waals surface area contributed by atoms with E-state index in [0.29, 0.717) is 0 Å². The predicted octanol–water partition coefficient (Wildman–Crippen LogP) is 3.69. The Hall–Kier alpha value is -2.33. The summed E-state index contributed by atoms with van der Waals surface area (Å²) in [7, 11) is 0. The highest BCUT2D eigenvalue weighted by atomic mass is 16.2. The quantitative estimate of drug-likeness (QED) is 0.878. The zero-order valence-electron chi connectivity index (χ0n) is 16.9. The van der Waals surface area contributed by atoms with Gasteiger partial charge in [-0.1, -0.05) is 36.4 Å². The molecule has 0 aliphatic carbocycles. The SMILES string of the molecule is Cc1ccc(N2CCN([C@H](C)C(=O)N[C@@H](C)c3ccccc3)CC2)cc1C. The number of aryl methyl sites for hydroxylation is 2. The Kier molecular flexibility index (Phi) is 6.17. The van der Waals surface area contributed by atoms with E-state index < -0.39 is 0 Å². The van der Waals surface area contributed by atoms with Crippen molar-refractivity contribution in [3.63, 3.8) is 0 Å². The van der Waals surface area contributed by atoms with Crippen LogP contribution < -0.4 is 10.2 Å². The summed E-state index contributed by atoms with van der Waals surface area (Å²) in [5.74, 6) is 0.103. The van der Waals surface area contributed by atoms with Crippen molar-refractivity contribution in [2.75, 3.05) is 31.1 Å². The van der Waals surface area contributed by atoms with Gasteiger partial charge in [-0.2, -0.15) is 0 Å². The Balaban J connectivity index is 1.53. The van der Waals surface area contributed by atoms with Gasteiger partial charge < -0.3 is 10.2 Å². The molecule has 27 heavy (non-hydrogen) atoms. The van der Waals surface area contributed by atoms with E-state index in [2.05, 4.69) is 59.3 Å². The molecule has 4 heteroatoms. The molecule has 2 aromatic rings. The van der Waals surface area contributed by atoms with Gasteiger partial charge in [0.2, 0.25) is 5.91 Å². The van der Waals surface area contributed by atoms with E-state index >= 15 is 0 Å². The molecule has 0 bridgehead atoms. The molecule has 1 fully saturated rings. The molecular formula is C23H31N3O. The Morgan fingerprint density at radius 1 is 0.926 bits per heavy atom. The van der Waals surface area contributed by atoms with Crippen LogP contribution in [0.3, 0.4) is 0 Å². The van der Waals surface area contributed by atoms with Crippen molar-refractivity contribution in [3.05, 3.63) is 65.2 Å². The molecule has 1 aliphatic rings. The molecule has 0 saturated carbocycles. The second-order valence-electron chi connectivity index (χ2n) is 7.61. The first-order chi connectivity index (χ1) is 13.0. The number of hydrogen-bond donors (Lipinski definition) is 1. The van der Waals surface area contributed by atoms with Crippen molar-refractivity contribution in [3.8, 4) is 0 Å². The van der Waals surface area contributed by atoms with Crippen LogP contribution in [0.1, 0.15) is 36.6 Å². The van der Waals surface area contributed by atoms with Crippen LogP contribution in [0.15, 0.2) is 48.5 Å². The van der Waals surface area contributed by atoms with Crippen LogP contribution in [0, 0.1) is 13.8 Å². The minimum absolute atomic E-state index is 0.0259. The topological polar surface area (TPSA) is 35.6 Å². The number of rotatable bonds is 5. The summed E-state index contributed by atoms with van der Waals surface area (Å²) in [6.07, 6.45) is 0. The zero-order chi connectivity index (χ0) is 19.4. The summed E-state index contributed by atoms with van der Waals surface area (Å²) >= 11 is 0. The van der Waals surface area contributed by atoms with Gasteiger partial charge in [0, 0.05) is 31.9 Å². The van der Waals surface area contributed by atoms with Gasteiger partial charge in [-0.3, -0.25) is 9.69 Å². The van der Waals surface area contributed by atoms with Crippen molar-refractivity contribution >= 4 is 11.6 Å². The highest BCUT2D eigenvalue weighted by Crippen LogP contribution is 2.21. The number of amides is 1. The first-order valence-corrected chi connectivity index (χ1v) is 9.87. The number of anilines is 1. The number of piperazine rings is 1. The molecule has 4 nitrogen and oxygen atoms in total. The van der Waals surface area contributed by atoms with Crippen molar-refractivity contribution < 1.29 is 4.79 Å². The van der Waals surface area contributed by atoms with Gasteiger partial charge in [0.1, 0.15) is 0 Å². The van der Waals surface area contributed by atoms with E-state index in [4.69, 9.17) is 0 Å². The van der Waals surface area contributed by atoms with Crippen LogP contribution in [0.4, 0.5) is 5.69 Å².